The van der Waals surface area contributed by atoms with Crippen molar-refractivity contribution < 1.29 is 4.79 Å². The van der Waals surface area contributed by atoms with Crippen LogP contribution < -0.4 is 5.32 Å². The first-order valence-corrected chi connectivity index (χ1v) is 4.39. The number of aromatic nitrogens is 1. The van der Waals surface area contributed by atoms with Crippen LogP contribution in [-0.2, 0) is 0 Å². The van der Waals surface area contributed by atoms with Gasteiger partial charge in [-0.3, -0.25) is 9.78 Å². The lowest BCUT2D eigenvalue weighted by molar-refractivity contribution is 0.0948. The number of carbonyl (C=O) groups excluding carboxylic acids is 1. The predicted octanol–water partition coefficient (Wildman–Crippen LogP) is 1.49. The van der Waals surface area contributed by atoms with Crippen molar-refractivity contribution in [1.82, 2.24) is 10.3 Å². The molecule has 72 valence electrons. The molecule has 0 bridgehead atoms. The van der Waals surface area contributed by atoms with Gasteiger partial charge in [0.2, 0.25) is 0 Å². The van der Waals surface area contributed by atoms with Crippen molar-refractivity contribution in [2.75, 3.05) is 0 Å². The smallest absolute Gasteiger partial charge is 0.253 e. The van der Waals surface area contributed by atoms with E-state index in [0.29, 0.717) is 10.6 Å². The number of amides is 1. The van der Waals surface area contributed by atoms with Crippen molar-refractivity contribution in [1.29, 1.82) is 0 Å². The molecule has 1 aromatic rings. The van der Waals surface area contributed by atoms with E-state index in [-0.39, 0.29) is 11.9 Å². The fraction of sp³-hybridized carbons (Fsp3) is 0.200. The minimum atomic E-state index is -0.313. The Hall–Kier alpha value is -1.53. The number of hydrogen-bond donors (Lipinski definition) is 1. The zero-order chi connectivity index (χ0) is 10.6. The molecule has 1 heterocycles. The van der Waals surface area contributed by atoms with Gasteiger partial charge in [0, 0.05) is 12.4 Å². The highest BCUT2D eigenvalue weighted by molar-refractivity contribution is 6.33. The van der Waals surface area contributed by atoms with Gasteiger partial charge in [-0.1, -0.05) is 17.5 Å². The number of rotatable bonds is 2. The quantitative estimate of drug-likeness (QED) is 0.749. The summed E-state index contributed by atoms with van der Waals surface area (Å²) in [6, 6.07) is 1.23. The lowest BCUT2D eigenvalue weighted by atomic mass is 10.2. The van der Waals surface area contributed by atoms with E-state index in [1.807, 2.05) is 0 Å². The monoisotopic (exact) mass is 208 g/mol. The van der Waals surface area contributed by atoms with Crippen LogP contribution in [0.15, 0.2) is 18.5 Å². The molecule has 0 aliphatic carbocycles. The zero-order valence-corrected chi connectivity index (χ0v) is 8.38. The Labute approximate surface area is 87.5 Å². The van der Waals surface area contributed by atoms with E-state index in [9.17, 15) is 4.79 Å². The van der Waals surface area contributed by atoms with Crippen LogP contribution in [0, 0.1) is 12.3 Å². The van der Waals surface area contributed by atoms with E-state index in [1.54, 1.807) is 13.0 Å². The number of terminal acetylenes is 1. The summed E-state index contributed by atoms with van der Waals surface area (Å²) in [6.45, 7) is 1.72. The molecule has 0 saturated carbocycles. The van der Waals surface area contributed by atoms with E-state index in [4.69, 9.17) is 18.0 Å². The van der Waals surface area contributed by atoms with Gasteiger partial charge in [-0.15, -0.1) is 6.42 Å². The molecule has 1 N–H and O–H groups in total. The molecular formula is C10H9ClN2O. The molecule has 1 amide bonds. The molecule has 0 aliphatic rings. The van der Waals surface area contributed by atoms with Crippen LogP contribution in [-0.4, -0.2) is 16.9 Å². The lowest BCUT2D eigenvalue weighted by Gasteiger charge is -2.08. The minimum absolute atomic E-state index is 0.289. The third-order valence-corrected chi connectivity index (χ3v) is 1.92. The van der Waals surface area contributed by atoms with Crippen LogP contribution in [0.3, 0.4) is 0 Å². The number of nitrogens with one attached hydrogen (secondary N) is 1. The predicted molar refractivity (Wildman–Crippen MR) is 55.0 cm³/mol. The molecule has 1 unspecified atom stereocenters. The second-order valence-corrected chi connectivity index (χ2v) is 3.12. The minimum Gasteiger partial charge on any atom is -0.339 e. The molecule has 4 heteroatoms. The summed E-state index contributed by atoms with van der Waals surface area (Å²) in [5, 5.41) is 2.91. The van der Waals surface area contributed by atoms with Crippen LogP contribution >= 0.6 is 11.6 Å². The summed E-state index contributed by atoms with van der Waals surface area (Å²) < 4.78 is 0. The summed E-state index contributed by atoms with van der Waals surface area (Å²) >= 11 is 5.77. The van der Waals surface area contributed by atoms with Crippen LogP contribution in [0.4, 0.5) is 0 Å². The molecule has 1 aromatic heterocycles. The van der Waals surface area contributed by atoms with Gasteiger partial charge in [0.25, 0.3) is 5.91 Å². The van der Waals surface area contributed by atoms with Gasteiger partial charge in [0.05, 0.1) is 16.6 Å². The zero-order valence-electron chi connectivity index (χ0n) is 7.62. The summed E-state index contributed by atoms with van der Waals surface area (Å²) in [5.41, 5.74) is 0.378. The van der Waals surface area contributed by atoms with Crippen LogP contribution in [0.25, 0.3) is 0 Å². The average molecular weight is 209 g/mol. The average Bonchev–Trinajstić information content (AvgIpc) is 2.18. The van der Waals surface area contributed by atoms with E-state index < -0.39 is 0 Å². The highest BCUT2D eigenvalue weighted by Crippen LogP contribution is 2.12. The SMILES string of the molecule is C#CC(C)NC(=O)c1ccncc1Cl. The molecule has 1 rings (SSSR count). The van der Waals surface area contributed by atoms with Crippen molar-refractivity contribution in [3.63, 3.8) is 0 Å². The van der Waals surface area contributed by atoms with E-state index in [0.717, 1.165) is 0 Å². The molecule has 1 atom stereocenters. The molecule has 0 fully saturated rings. The Morgan fingerprint density at radius 1 is 1.79 bits per heavy atom. The normalized spacial score (nSPS) is 11.5. The number of pyridine rings is 1. The van der Waals surface area contributed by atoms with Crippen molar-refractivity contribution in [2.45, 2.75) is 13.0 Å². The van der Waals surface area contributed by atoms with Crippen LogP contribution in [0.5, 0.6) is 0 Å². The number of hydrogen-bond acceptors (Lipinski definition) is 2. The van der Waals surface area contributed by atoms with Gasteiger partial charge in [-0.25, -0.2) is 0 Å². The maximum Gasteiger partial charge on any atom is 0.253 e. The van der Waals surface area contributed by atoms with Crippen molar-refractivity contribution in [2.24, 2.45) is 0 Å². The summed E-state index contributed by atoms with van der Waals surface area (Å²) in [6.07, 6.45) is 8.04. The number of carbonyl (C=O) groups is 1. The van der Waals surface area contributed by atoms with Crippen LogP contribution in [0.1, 0.15) is 17.3 Å². The molecule has 0 aliphatic heterocycles. The van der Waals surface area contributed by atoms with Gasteiger partial charge in [0.15, 0.2) is 0 Å². The molecule has 0 radical (unpaired) electrons. The fourth-order valence-electron chi connectivity index (χ4n) is 0.875. The van der Waals surface area contributed by atoms with Gasteiger partial charge in [-0.05, 0) is 13.0 Å². The number of halogens is 1. The molecule has 0 spiro atoms. The van der Waals surface area contributed by atoms with Gasteiger partial charge in [0.1, 0.15) is 0 Å². The molecule has 0 saturated heterocycles. The Bertz CT molecular complexity index is 384. The summed E-state index contributed by atoms with van der Waals surface area (Å²) in [7, 11) is 0. The van der Waals surface area contributed by atoms with Crippen molar-refractivity contribution >= 4 is 17.5 Å². The third-order valence-electron chi connectivity index (χ3n) is 1.61. The molecule has 0 aromatic carbocycles. The highest BCUT2D eigenvalue weighted by Gasteiger charge is 2.10. The maximum atomic E-state index is 11.5. The molecule has 14 heavy (non-hydrogen) atoms. The maximum absolute atomic E-state index is 11.5. The second kappa shape index (κ2) is 4.64. The van der Waals surface area contributed by atoms with Gasteiger partial charge in [-0.2, -0.15) is 0 Å². The van der Waals surface area contributed by atoms with E-state index in [1.165, 1.54) is 12.4 Å². The summed E-state index contributed by atoms with van der Waals surface area (Å²) in [5.74, 6) is 2.11. The fourth-order valence-corrected chi connectivity index (χ4v) is 1.08. The highest BCUT2D eigenvalue weighted by atomic mass is 35.5. The third kappa shape index (κ3) is 2.48. The summed E-state index contributed by atoms with van der Waals surface area (Å²) in [4.78, 5) is 15.3. The standard InChI is InChI=1S/C10H9ClN2O/c1-3-7(2)13-10(14)8-4-5-12-6-9(8)11/h1,4-7H,2H3,(H,13,14). The molecular weight excluding hydrogens is 200 g/mol. The van der Waals surface area contributed by atoms with Gasteiger partial charge < -0.3 is 5.32 Å². The van der Waals surface area contributed by atoms with E-state index in [2.05, 4.69) is 16.2 Å². The first kappa shape index (κ1) is 10.6. The van der Waals surface area contributed by atoms with Crippen LogP contribution in [0.2, 0.25) is 5.02 Å². The van der Waals surface area contributed by atoms with E-state index >= 15 is 0 Å². The first-order valence-electron chi connectivity index (χ1n) is 4.01. The van der Waals surface area contributed by atoms with Crippen molar-refractivity contribution in [3.05, 3.63) is 29.0 Å². The van der Waals surface area contributed by atoms with Gasteiger partial charge >= 0.3 is 0 Å². The Balaban J connectivity index is 2.81. The topological polar surface area (TPSA) is 42.0 Å². The lowest BCUT2D eigenvalue weighted by Crippen LogP contribution is -2.31. The Morgan fingerprint density at radius 2 is 2.50 bits per heavy atom. The molecule has 3 nitrogen and oxygen atoms in total. The largest absolute Gasteiger partial charge is 0.339 e. The Kier molecular flexibility index (Phi) is 3.49. The van der Waals surface area contributed by atoms with Crippen molar-refractivity contribution in [3.8, 4) is 12.3 Å². The second-order valence-electron chi connectivity index (χ2n) is 2.72. The number of nitrogens with zero attached hydrogens (tertiary/aromatic N) is 1. The Morgan fingerprint density at radius 3 is 3.07 bits per heavy atom. The first-order chi connectivity index (χ1) is 6.65.